The van der Waals surface area contributed by atoms with Gasteiger partial charge in [-0.05, 0) is 11.5 Å². The van der Waals surface area contributed by atoms with Gasteiger partial charge in [-0.2, -0.15) is 0 Å². The third-order valence-electron chi connectivity index (χ3n) is 3.16. The molecule has 2 heterocycles. The van der Waals surface area contributed by atoms with Crippen LogP contribution in [-0.4, -0.2) is 39.7 Å². The minimum atomic E-state index is -0.640. The van der Waals surface area contributed by atoms with E-state index in [4.69, 9.17) is 11.6 Å². The Morgan fingerprint density at radius 1 is 1.40 bits per heavy atom. The summed E-state index contributed by atoms with van der Waals surface area (Å²) in [5.74, 6) is 0.329. The molecular weight excluding hydrogens is 280 g/mol. The van der Waals surface area contributed by atoms with Crippen LogP contribution in [0.3, 0.4) is 0 Å². The molecule has 20 heavy (non-hydrogen) atoms. The molecule has 1 aliphatic rings. The number of halogens is 1. The number of aliphatic hydroxyl groups is 1. The van der Waals surface area contributed by atoms with Crippen LogP contribution in [0.25, 0.3) is 0 Å². The van der Waals surface area contributed by atoms with Gasteiger partial charge in [0.25, 0.3) is 0 Å². The Labute approximate surface area is 122 Å². The first-order valence-electron chi connectivity index (χ1n) is 6.16. The molecule has 0 spiro atoms. The lowest BCUT2D eigenvalue weighted by atomic mass is 9.88. The molecule has 0 fully saturated rings. The van der Waals surface area contributed by atoms with Crippen molar-refractivity contribution in [3.63, 3.8) is 0 Å². The minimum absolute atomic E-state index is 0.0546. The number of likely N-dealkylation sites (N-methyl/N-ethyl adjacent to an activating group) is 1. The van der Waals surface area contributed by atoms with Gasteiger partial charge < -0.3 is 10.0 Å². The Bertz CT molecular complexity index is 568. The van der Waals surface area contributed by atoms with Crippen molar-refractivity contribution in [2.24, 2.45) is 0 Å². The number of hydrogen-bond donors (Lipinski definition) is 1. The second kappa shape index (κ2) is 4.94. The molecule has 1 N–H and O–H groups in total. The topological polar surface area (TPSA) is 69.6 Å². The molecule has 1 aliphatic heterocycles. The number of rotatable bonds is 2. The van der Waals surface area contributed by atoms with E-state index in [1.54, 1.807) is 18.0 Å². The predicted molar refractivity (Wildman–Crippen MR) is 76.5 cm³/mol. The minimum Gasteiger partial charge on any atom is -0.493 e. The molecule has 0 saturated heterocycles. The Hall–Kier alpha value is -1.82. The fourth-order valence-corrected chi connectivity index (χ4v) is 2.43. The standard InChI is InChI=1S/C13H17ClN4O2/c1-13(2,3)8-5-9(15-16-12(8)14)18-10(7-19)17(4)6-11(18)20/h5-7,10,20H,1-4H3. The number of aliphatic hydroxyl groups excluding tert-OH is 1. The first-order chi connectivity index (χ1) is 9.25. The van der Waals surface area contributed by atoms with Crippen LogP contribution in [0.5, 0.6) is 0 Å². The van der Waals surface area contributed by atoms with E-state index in [0.29, 0.717) is 11.0 Å². The zero-order valence-corrected chi connectivity index (χ0v) is 12.6. The second-order valence-electron chi connectivity index (χ2n) is 5.73. The first-order valence-corrected chi connectivity index (χ1v) is 6.54. The van der Waals surface area contributed by atoms with Crippen LogP contribution >= 0.6 is 11.6 Å². The maximum absolute atomic E-state index is 11.2. The van der Waals surface area contributed by atoms with E-state index in [9.17, 15) is 9.90 Å². The van der Waals surface area contributed by atoms with Crippen molar-refractivity contribution in [3.05, 3.63) is 28.9 Å². The van der Waals surface area contributed by atoms with Crippen molar-refractivity contribution in [3.8, 4) is 0 Å². The van der Waals surface area contributed by atoms with Gasteiger partial charge in [0.15, 0.2) is 23.4 Å². The molecule has 0 aromatic carbocycles. The average molecular weight is 297 g/mol. The van der Waals surface area contributed by atoms with Gasteiger partial charge in [0.1, 0.15) is 0 Å². The number of aldehydes is 1. The summed E-state index contributed by atoms with van der Waals surface area (Å²) in [4.78, 5) is 14.2. The quantitative estimate of drug-likeness (QED) is 0.843. The molecule has 1 atom stereocenters. The number of carbonyl (C=O) groups is 1. The van der Waals surface area contributed by atoms with Gasteiger partial charge in [-0.1, -0.05) is 32.4 Å². The largest absolute Gasteiger partial charge is 0.493 e. The van der Waals surface area contributed by atoms with Gasteiger partial charge in [0, 0.05) is 12.6 Å². The summed E-state index contributed by atoms with van der Waals surface area (Å²) >= 11 is 6.07. The van der Waals surface area contributed by atoms with Crippen molar-refractivity contribution in [2.45, 2.75) is 32.4 Å². The van der Waals surface area contributed by atoms with E-state index in [0.717, 1.165) is 11.8 Å². The Morgan fingerprint density at radius 2 is 2.05 bits per heavy atom. The smallest absolute Gasteiger partial charge is 0.211 e. The highest BCUT2D eigenvalue weighted by atomic mass is 35.5. The molecule has 108 valence electrons. The van der Waals surface area contributed by atoms with E-state index in [1.807, 2.05) is 20.8 Å². The molecule has 0 saturated carbocycles. The highest BCUT2D eigenvalue weighted by Gasteiger charge is 2.33. The zero-order valence-electron chi connectivity index (χ0n) is 11.8. The van der Waals surface area contributed by atoms with Gasteiger partial charge in [-0.25, -0.2) is 0 Å². The van der Waals surface area contributed by atoms with E-state index < -0.39 is 6.17 Å². The molecule has 1 aromatic heterocycles. The van der Waals surface area contributed by atoms with Crippen LogP contribution in [-0.2, 0) is 10.2 Å². The van der Waals surface area contributed by atoms with Crippen molar-refractivity contribution >= 4 is 23.7 Å². The first kappa shape index (κ1) is 14.6. The lowest BCUT2D eigenvalue weighted by Gasteiger charge is -2.27. The fraction of sp³-hybridized carbons (Fsp3) is 0.462. The van der Waals surface area contributed by atoms with E-state index in [2.05, 4.69) is 10.2 Å². The van der Waals surface area contributed by atoms with E-state index in [-0.39, 0.29) is 11.3 Å². The highest BCUT2D eigenvalue weighted by Crippen LogP contribution is 2.32. The molecule has 2 rings (SSSR count). The molecule has 0 radical (unpaired) electrons. The van der Waals surface area contributed by atoms with Crippen LogP contribution in [0.15, 0.2) is 18.1 Å². The third kappa shape index (κ3) is 2.43. The van der Waals surface area contributed by atoms with Crippen LogP contribution in [0.4, 0.5) is 5.82 Å². The van der Waals surface area contributed by atoms with Crippen LogP contribution in [0.2, 0.25) is 5.15 Å². The average Bonchev–Trinajstić information content (AvgIpc) is 2.62. The lowest BCUT2D eigenvalue weighted by Crippen LogP contribution is -2.40. The summed E-state index contributed by atoms with van der Waals surface area (Å²) in [6.07, 6.45) is 1.55. The number of nitrogens with zero attached hydrogens (tertiary/aromatic N) is 4. The van der Waals surface area contributed by atoms with Gasteiger partial charge >= 0.3 is 0 Å². The molecule has 6 nitrogen and oxygen atoms in total. The Balaban J connectivity index is 2.49. The maximum Gasteiger partial charge on any atom is 0.211 e. The number of anilines is 1. The van der Waals surface area contributed by atoms with Crippen molar-refractivity contribution < 1.29 is 9.90 Å². The molecule has 0 aliphatic carbocycles. The summed E-state index contributed by atoms with van der Waals surface area (Å²) in [5.41, 5.74) is 0.583. The predicted octanol–water partition coefficient (Wildman–Crippen LogP) is 2.06. The summed E-state index contributed by atoms with van der Waals surface area (Å²) in [5, 5.41) is 18.2. The summed E-state index contributed by atoms with van der Waals surface area (Å²) in [7, 11) is 1.70. The molecule has 1 aromatic rings. The highest BCUT2D eigenvalue weighted by molar-refractivity contribution is 6.30. The summed E-state index contributed by atoms with van der Waals surface area (Å²) in [6, 6.07) is 1.75. The fourth-order valence-electron chi connectivity index (χ4n) is 2.06. The molecule has 0 amide bonds. The number of carbonyl (C=O) groups excluding carboxylic acids is 1. The van der Waals surface area contributed by atoms with E-state index >= 15 is 0 Å². The van der Waals surface area contributed by atoms with Crippen molar-refractivity contribution in [1.29, 1.82) is 0 Å². The van der Waals surface area contributed by atoms with Crippen molar-refractivity contribution in [1.82, 2.24) is 15.1 Å². The van der Waals surface area contributed by atoms with Gasteiger partial charge in [0.2, 0.25) is 5.88 Å². The van der Waals surface area contributed by atoms with Crippen LogP contribution in [0.1, 0.15) is 26.3 Å². The zero-order chi connectivity index (χ0) is 15.1. The molecule has 0 bridgehead atoms. The van der Waals surface area contributed by atoms with Crippen LogP contribution in [0, 0.1) is 0 Å². The Kier molecular flexibility index (Phi) is 3.60. The SMILES string of the molecule is CN1C=C(O)N(c2cc(C(C)(C)C)c(Cl)nn2)C1C=O. The lowest BCUT2D eigenvalue weighted by molar-refractivity contribution is -0.110. The monoisotopic (exact) mass is 296 g/mol. The Morgan fingerprint density at radius 3 is 2.60 bits per heavy atom. The van der Waals surface area contributed by atoms with Gasteiger partial charge in [-0.15, -0.1) is 10.2 Å². The van der Waals surface area contributed by atoms with Gasteiger partial charge in [0.05, 0.1) is 6.20 Å². The maximum atomic E-state index is 11.2. The van der Waals surface area contributed by atoms with Gasteiger partial charge in [-0.3, -0.25) is 9.69 Å². The van der Waals surface area contributed by atoms with Crippen LogP contribution < -0.4 is 4.90 Å². The molecule has 1 unspecified atom stereocenters. The normalized spacial score (nSPS) is 19.2. The third-order valence-corrected chi connectivity index (χ3v) is 3.44. The molecular formula is C13H17ClN4O2. The number of hydrogen-bond acceptors (Lipinski definition) is 6. The summed E-state index contributed by atoms with van der Waals surface area (Å²) in [6.45, 7) is 6.01. The number of aromatic nitrogens is 2. The summed E-state index contributed by atoms with van der Waals surface area (Å²) < 4.78 is 0. The molecule has 7 heteroatoms. The van der Waals surface area contributed by atoms with E-state index in [1.165, 1.54) is 11.1 Å². The second-order valence-corrected chi connectivity index (χ2v) is 6.09. The van der Waals surface area contributed by atoms with Crippen molar-refractivity contribution in [2.75, 3.05) is 11.9 Å².